The molecule has 1 aliphatic carbocycles. The number of carbonyl (C=O) groups excluding carboxylic acids is 1. The van der Waals surface area contributed by atoms with Gasteiger partial charge in [0.25, 0.3) is 0 Å². The number of hydrogen-bond acceptors (Lipinski definition) is 2. The van der Waals surface area contributed by atoms with Crippen LogP contribution in [0.4, 0.5) is 4.79 Å². The van der Waals surface area contributed by atoms with Crippen LogP contribution in [0.25, 0.3) is 0 Å². The zero-order valence-electron chi connectivity index (χ0n) is 12.0. The standard InChI is InChI=1S/C16H25N3O/c17-14(12-13-6-2-1-3-7-13)10-11-18-16(20)19-15-8-4-5-9-15/h1-3,6-7,14-15H,4-5,8-12,17H2,(H2,18,19,20). The van der Waals surface area contributed by atoms with E-state index >= 15 is 0 Å². The summed E-state index contributed by atoms with van der Waals surface area (Å²) in [6, 6.07) is 10.6. The van der Waals surface area contributed by atoms with E-state index in [1.807, 2.05) is 18.2 Å². The van der Waals surface area contributed by atoms with Gasteiger partial charge in [0.15, 0.2) is 0 Å². The highest BCUT2D eigenvalue weighted by Crippen LogP contribution is 2.17. The molecule has 0 spiro atoms. The van der Waals surface area contributed by atoms with E-state index in [9.17, 15) is 4.79 Å². The molecule has 110 valence electrons. The predicted molar refractivity (Wildman–Crippen MR) is 81.5 cm³/mol. The Morgan fingerprint density at radius 2 is 1.95 bits per heavy atom. The Bertz CT molecular complexity index is 401. The van der Waals surface area contributed by atoms with Crippen LogP contribution < -0.4 is 16.4 Å². The Labute approximate surface area is 121 Å². The fourth-order valence-electron chi connectivity index (χ4n) is 2.70. The van der Waals surface area contributed by atoms with Gasteiger partial charge in [0.2, 0.25) is 0 Å². The van der Waals surface area contributed by atoms with Crippen LogP contribution in [0, 0.1) is 0 Å². The lowest BCUT2D eigenvalue weighted by Crippen LogP contribution is -2.42. The third-order valence-electron chi connectivity index (χ3n) is 3.83. The molecule has 1 aromatic carbocycles. The van der Waals surface area contributed by atoms with Gasteiger partial charge in [0.1, 0.15) is 0 Å². The lowest BCUT2D eigenvalue weighted by molar-refractivity contribution is 0.236. The molecule has 1 fully saturated rings. The summed E-state index contributed by atoms with van der Waals surface area (Å²) in [7, 11) is 0. The van der Waals surface area contributed by atoms with Crippen molar-refractivity contribution in [2.75, 3.05) is 6.54 Å². The molecule has 1 aromatic rings. The molecule has 2 amide bonds. The van der Waals surface area contributed by atoms with Crippen molar-refractivity contribution in [2.45, 2.75) is 50.6 Å². The number of benzene rings is 1. The first-order chi connectivity index (χ1) is 9.74. The highest BCUT2D eigenvalue weighted by molar-refractivity contribution is 5.74. The van der Waals surface area contributed by atoms with Crippen LogP contribution in [-0.2, 0) is 6.42 Å². The van der Waals surface area contributed by atoms with Gasteiger partial charge < -0.3 is 16.4 Å². The van der Waals surface area contributed by atoms with Crippen molar-refractivity contribution in [3.63, 3.8) is 0 Å². The number of carbonyl (C=O) groups is 1. The van der Waals surface area contributed by atoms with Crippen LogP contribution in [0.15, 0.2) is 30.3 Å². The monoisotopic (exact) mass is 275 g/mol. The number of urea groups is 1. The summed E-state index contributed by atoms with van der Waals surface area (Å²) in [4.78, 5) is 11.7. The summed E-state index contributed by atoms with van der Waals surface area (Å²) in [5.74, 6) is 0. The van der Waals surface area contributed by atoms with E-state index in [0.29, 0.717) is 12.6 Å². The Morgan fingerprint density at radius 3 is 2.65 bits per heavy atom. The first kappa shape index (κ1) is 14.9. The highest BCUT2D eigenvalue weighted by atomic mass is 16.2. The largest absolute Gasteiger partial charge is 0.338 e. The minimum absolute atomic E-state index is 0.0520. The van der Waals surface area contributed by atoms with Gasteiger partial charge in [-0.2, -0.15) is 0 Å². The molecule has 4 nitrogen and oxygen atoms in total. The number of amides is 2. The van der Waals surface area contributed by atoms with E-state index in [-0.39, 0.29) is 12.1 Å². The molecule has 2 rings (SSSR count). The molecule has 0 aromatic heterocycles. The SMILES string of the molecule is NC(CCNC(=O)NC1CCCC1)Cc1ccccc1. The first-order valence-electron chi connectivity index (χ1n) is 7.58. The van der Waals surface area contributed by atoms with Gasteiger partial charge in [0.05, 0.1) is 0 Å². The lowest BCUT2D eigenvalue weighted by atomic mass is 10.0. The maximum absolute atomic E-state index is 11.7. The van der Waals surface area contributed by atoms with Crippen LogP contribution in [0.1, 0.15) is 37.7 Å². The van der Waals surface area contributed by atoms with Crippen LogP contribution in [0.3, 0.4) is 0 Å². The van der Waals surface area contributed by atoms with Crippen molar-refractivity contribution in [1.82, 2.24) is 10.6 Å². The number of hydrogen-bond donors (Lipinski definition) is 3. The van der Waals surface area contributed by atoms with Crippen LogP contribution >= 0.6 is 0 Å². The zero-order chi connectivity index (χ0) is 14.2. The molecular weight excluding hydrogens is 250 g/mol. The maximum Gasteiger partial charge on any atom is 0.315 e. The fraction of sp³-hybridized carbons (Fsp3) is 0.562. The van der Waals surface area contributed by atoms with Crippen LogP contribution in [0.5, 0.6) is 0 Å². The van der Waals surface area contributed by atoms with E-state index in [4.69, 9.17) is 5.73 Å². The van der Waals surface area contributed by atoms with Crippen molar-refractivity contribution in [3.8, 4) is 0 Å². The number of nitrogens with two attached hydrogens (primary N) is 1. The second-order valence-corrected chi connectivity index (χ2v) is 5.62. The predicted octanol–water partition coefficient (Wildman–Crippen LogP) is 2.19. The van der Waals surface area contributed by atoms with Gasteiger partial charge in [-0.15, -0.1) is 0 Å². The minimum Gasteiger partial charge on any atom is -0.338 e. The fourth-order valence-corrected chi connectivity index (χ4v) is 2.70. The average Bonchev–Trinajstić information content (AvgIpc) is 2.92. The Morgan fingerprint density at radius 1 is 1.25 bits per heavy atom. The Hall–Kier alpha value is -1.55. The van der Waals surface area contributed by atoms with Crippen molar-refractivity contribution in [1.29, 1.82) is 0 Å². The minimum atomic E-state index is -0.0520. The topological polar surface area (TPSA) is 67.1 Å². The Balaban J connectivity index is 1.59. The molecular formula is C16H25N3O. The van der Waals surface area contributed by atoms with Gasteiger partial charge in [-0.1, -0.05) is 43.2 Å². The molecule has 1 atom stereocenters. The van der Waals surface area contributed by atoms with Gasteiger partial charge in [-0.05, 0) is 31.2 Å². The van der Waals surface area contributed by atoms with Crippen molar-refractivity contribution >= 4 is 6.03 Å². The van der Waals surface area contributed by atoms with Crippen molar-refractivity contribution in [3.05, 3.63) is 35.9 Å². The zero-order valence-corrected chi connectivity index (χ0v) is 12.0. The molecule has 0 saturated heterocycles. The maximum atomic E-state index is 11.7. The normalized spacial score (nSPS) is 16.9. The second kappa shape index (κ2) is 7.90. The Kier molecular flexibility index (Phi) is 5.87. The van der Waals surface area contributed by atoms with E-state index in [1.165, 1.54) is 18.4 Å². The number of nitrogens with one attached hydrogen (secondary N) is 2. The van der Waals surface area contributed by atoms with Gasteiger partial charge in [-0.25, -0.2) is 4.79 Å². The molecule has 1 aliphatic rings. The molecule has 1 unspecified atom stereocenters. The van der Waals surface area contributed by atoms with Gasteiger partial charge in [0, 0.05) is 18.6 Å². The molecule has 4 heteroatoms. The molecule has 0 radical (unpaired) electrons. The van der Waals surface area contributed by atoms with E-state index < -0.39 is 0 Å². The van der Waals surface area contributed by atoms with E-state index in [2.05, 4.69) is 22.8 Å². The van der Waals surface area contributed by atoms with Crippen LogP contribution in [0.2, 0.25) is 0 Å². The lowest BCUT2D eigenvalue weighted by Gasteiger charge is -2.15. The summed E-state index contributed by atoms with van der Waals surface area (Å²) in [5.41, 5.74) is 7.33. The van der Waals surface area contributed by atoms with Crippen molar-refractivity contribution < 1.29 is 4.79 Å². The summed E-state index contributed by atoms with van der Waals surface area (Å²) in [6.45, 7) is 0.632. The average molecular weight is 275 g/mol. The smallest absolute Gasteiger partial charge is 0.315 e. The summed E-state index contributed by atoms with van der Waals surface area (Å²) in [5, 5.41) is 5.91. The molecule has 20 heavy (non-hydrogen) atoms. The second-order valence-electron chi connectivity index (χ2n) is 5.62. The quantitative estimate of drug-likeness (QED) is 0.745. The highest BCUT2D eigenvalue weighted by Gasteiger charge is 2.16. The third kappa shape index (κ3) is 5.21. The molecule has 0 aliphatic heterocycles. The molecule has 1 saturated carbocycles. The molecule has 0 heterocycles. The summed E-state index contributed by atoms with van der Waals surface area (Å²) in [6.07, 6.45) is 6.33. The number of rotatable bonds is 6. The third-order valence-corrected chi connectivity index (χ3v) is 3.83. The summed E-state index contributed by atoms with van der Waals surface area (Å²) < 4.78 is 0. The molecule has 4 N–H and O–H groups in total. The summed E-state index contributed by atoms with van der Waals surface area (Å²) >= 11 is 0. The molecule has 0 bridgehead atoms. The van der Waals surface area contributed by atoms with Gasteiger partial charge >= 0.3 is 6.03 Å². The van der Waals surface area contributed by atoms with Crippen LogP contribution in [-0.4, -0.2) is 24.7 Å². The first-order valence-corrected chi connectivity index (χ1v) is 7.58. The van der Waals surface area contributed by atoms with E-state index in [1.54, 1.807) is 0 Å². The van der Waals surface area contributed by atoms with Crippen molar-refractivity contribution in [2.24, 2.45) is 5.73 Å². The van der Waals surface area contributed by atoms with E-state index in [0.717, 1.165) is 25.7 Å². The van der Waals surface area contributed by atoms with Gasteiger partial charge in [-0.3, -0.25) is 0 Å².